The molecule has 1 fully saturated rings. The molecule has 0 spiro atoms. The first-order chi connectivity index (χ1) is 14.3. The van der Waals surface area contributed by atoms with E-state index in [1.807, 2.05) is 36.4 Å². The Hall–Kier alpha value is -3.81. The van der Waals surface area contributed by atoms with Crippen molar-refractivity contribution in [3.8, 4) is 11.3 Å². The molecular formula is C21H19N7O. The average molecular weight is 385 g/mol. The Morgan fingerprint density at radius 3 is 2.45 bits per heavy atom. The first kappa shape index (κ1) is 17.3. The van der Waals surface area contributed by atoms with Gasteiger partial charge in [0.1, 0.15) is 11.5 Å². The average Bonchev–Trinajstić information content (AvgIpc) is 2.80. The van der Waals surface area contributed by atoms with Crippen LogP contribution >= 0.6 is 0 Å². The fraction of sp³-hybridized carbons (Fsp3) is 0.190. The normalized spacial score (nSPS) is 14.3. The minimum Gasteiger partial charge on any atom is -0.353 e. The van der Waals surface area contributed by atoms with Gasteiger partial charge in [0, 0.05) is 62.6 Å². The van der Waals surface area contributed by atoms with Crippen LogP contribution in [0.25, 0.3) is 16.9 Å². The predicted molar refractivity (Wildman–Crippen MR) is 111 cm³/mol. The number of anilines is 2. The maximum atomic E-state index is 12.4. The van der Waals surface area contributed by atoms with Gasteiger partial charge >= 0.3 is 0 Å². The summed E-state index contributed by atoms with van der Waals surface area (Å²) in [5.41, 5.74) is 2.49. The molecule has 0 unspecified atom stereocenters. The second kappa shape index (κ2) is 7.31. The SMILES string of the molecule is O=c1cc(N2CCN(c3nccc(-c4ccncc4)n3)CC2)nc2ccccn12. The Morgan fingerprint density at radius 2 is 1.62 bits per heavy atom. The van der Waals surface area contributed by atoms with E-state index in [-0.39, 0.29) is 5.56 Å². The molecule has 0 amide bonds. The first-order valence-electron chi connectivity index (χ1n) is 9.50. The first-order valence-corrected chi connectivity index (χ1v) is 9.50. The van der Waals surface area contributed by atoms with Crippen LogP contribution in [0.5, 0.6) is 0 Å². The third kappa shape index (κ3) is 3.40. The molecule has 29 heavy (non-hydrogen) atoms. The summed E-state index contributed by atoms with van der Waals surface area (Å²) >= 11 is 0. The third-order valence-electron chi connectivity index (χ3n) is 5.06. The van der Waals surface area contributed by atoms with E-state index in [0.29, 0.717) is 17.4 Å². The molecule has 4 aromatic heterocycles. The summed E-state index contributed by atoms with van der Waals surface area (Å²) in [4.78, 5) is 34.5. The number of hydrogen-bond acceptors (Lipinski definition) is 7. The molecule has 8 nitrogen and oxygen atoms in total. The smallest absolute Gasteiger partial charge is 0.259 e. The zero-order valence-corrected chi connectivity index (χ0v) is 15.7. The second-order valence-electron chi connectivity index (χ2n) is 6.83. The van der Waals surface area contributed by atoms with E-state index >= 15 is 0 Å². The van der Waals surface area contributed by atoms with E-state index in [4.69, 9.17) is 4.98 Å². The highest BCUT2D eigenvalue weighted by molar-refractivity contribution is 5.59. The highest BCUT2D eigenvalue weighted by Crippen LogP contribution is 2.20. The summed E-state index contributed by atoms with van der Waals surface area (Å²) in [7, 11) is 0. The number of nitrogens with zero attached hydrogens (tertiary/aromatic N) is 7. The highest BCUT2D eigenvalue weighted by Gasteiger charge is 2.21. The molecular weight excluding hydrogens is 366 g/mol. The number of piperazine rings is 1. The zero-order chi connectivity index (χ0) is 19.6. The lowest BCUT2D eigenvalue weighted by Crippen LogP contribution is -2.47. The van der Waals surface area contributed by atoms with Crippen LogP contribution in [0.3, 0.4) is 0 Å². The van der Waals surface area contributed by atoms with Crippen molar-refractivity contribution < 1.29 is 0 Å². The molecule has 0 N–H and O–H groups in total. The predicted octanol–water partition coefficient (Wildman–Crippen LogP) is 1.87. The molecule has 8 heteroatoms. The molecule has 0 bridgehead atoms. The van der Waals surface area contributed by atoms with Crippen LogP contribution in [0.15, 0.2) is 72.0 Å². The lowest BCUT2D eigenvalue weighted by Gasteiger charge is -2.35. The molecule has 0 atom stereocenters. The summed E-state index contributed by atoms with van der Waals surface area (Å²) < 4.78 is 1.55. The molecule has 0 aliphatic carbocycles. The molecule has 5 rings (SSSR count). The Balaban J connectivity index is 1.34. The van der Waals surface area contributed by atoms with Crippen LogP contribution in [-0.4, -0.2) is 50.5 Å². The van der Waals surface area contributed by atoms with Crippen molar-refractivity contribution in [3.63, 3.8) is 0 Å². The van der Waals surface area contributed by atoms with Gasteiger partial charge in [0.15, 0.2) is 0 Å². The summed E-state index contributed by atoms with van der Waals surface area (Å²) in [5.74, 6) is 1.43. The van der Waals surface area contributed by atoms with Crippen molar-refractivity contribution >= 4 is 17.4 Å². The monoisotopic (exact) mass is 385 g/mol. The quantitative estimate of drug-likeness (QED) is 0.533. The Bertz CT molecular complexity index is 1200. The highest BCUT2D eigenvalue weighted by atomic mass is 16.1. The van der Waals surface area contributed by atoms with Crippen molar-refractivity contribution in [1.82, 2.24) is 24.3 Å². The van der Waals surface area contributed by atoms with Gasteiger partial charge in [-0.15, -0.1) is 0 Å². The van der Waals surface area contributed by atoms with Crippen molar-refractivity contribution in [2.45, 2.75) is 0 Å². The van der Waals surface area contributed by atoms with Gasteiger partial charge < -0.3 is 9.80 Å². The molecule has 0 aromatic carbocycles. The van der Waals surface area contributed by atoms with Crippen molar-refractivity contribution in [3.05, 3.63) is 77.6 Å². The maximum Gasteiger partial charge on any atom is 0.259 e. The minimum absolute atomic E-state index is 0.0681. The molecule has 1 aliphatic heterocycles. The minimum atomic E-state index is -0.0681. The summed E-state index contributed by atoms with van der Waals surface area (Å²) in [5, 5.41) is 0. The fourth-order valence-corrected chi connectivity index (χ4v) is 3.52. The van der Waals surface area contributed by atoms with Gasteiger partial charge in [-0.05, 0) is 30.3 Å². The van der Waals surface area contributed by atoms with Crippen LogP contribution in [0.2, 0.25) is 0 Å². The summed E-state index contributed by atoms with van der Waals surface area (Å²) in [6, 6.07) is 12.9. The van der Waals surface area contributed by atoms with Gasteiger partial charge in [-0.2, -0.15) is 0 Å². The number of aromatic nitrogens is 5. The molecule has 4 aromatic rings. The topological polar surface area (TPSA) is 79.5 Å². The van der Waals surface area contributed by atoms with Crippen LogP contribution in [0.1, 0.15) is 0 Å². The van der Waals surface area contributed by atoms with Crippen LogP contribution < -0.4 is 15.4 Å². The van der Waals surface area contributed by atoms with Gasteiger partial charge in [-0.25, -0.2) is 15.0 Å². The lowest BCUT2D eigenvalue weighted by molar-refractivity contribution is 0.634. The van der Waals surface area contributed by atoms with E-state index in [1.165, 1.54) is 0 Å². The van der Waals surface area contributed by atoms with E-state index in [0.717, 1.165) is 37.4 Å². The molecule has 144 valence electrons. The van der Waals surface area contributed by atoms with Crippen molar-refractivity contribution in [2.75, 3.05) is 36.0 Å². The molecule has 1 saturated heterocycles. The van der Waals surface area contributed by atoms with E-state index in [9.17, 15) is 4.79 Å². The Kier molecular flexibility index (Phi) is 4.36. The largest absolute Gasteiger partial charge is 0.353 e. The molecule has 1 aliphatic rings. The lowest BCUT2D eigenvalue weighted by atomic mass is 10.2. The van der Waals surface area contributed by atoms with Gasteiger partial charge in [-0.1, -0.05) is 6.07 Å². The van der Waals surface area contributed by atoms with E-state index < -0.39 is 0 Å². The van der Waals surface area contributed by atoms with E-state index in [1.54, 1.807) is 35.3 Å². The van der Waals surface area contributed by atoms with Gasteiger partial charge in [-0.3, -0.25) is 14.2 Å². The number of rotatable bonds is 3. The Labute approximate surface area is 167 Å². The maximum absolute atomic E-state index is 12.4. The number of pyridine rings is 2. The Morgan fingerprint density at radius 1 is 0.828 bits per heavy atom. The van der Waals surface area contributed by atoms with Crippen molar-refractivity contribution in [1.29, 1.82) is 0 Å². The van der Waals surface area contributed by atoms with Crippen LogP contribution in [0, 0.1) is 0 Å². The molecule has 0 saturated carbocycles. The molecule has 5 heterocycles. The molecule has 0 radical (unpaired) electrons. The van der Waals surface area contributed by atoms with Crippen LogP contribution in [0.4, 0.5) is 11.8 Å². The number of hydrogen-bond donors (Lipinski definition) is 0. The zero-order valence-electron chi connectivity index (χ0n) is 15.7. The third-order valence-corrected chi connectivity index (χ3v) is 5.06. The van der Waals surface area contributed by atoms with Crippen LogP contribution in [-0.2, 0) is 0 Å². The van der Waals surface area contributed by atoms with Crippen molar-refractivity contribution in [2.24, 2.45) is 0 Å². The van der Waals surface area contributed by atoms with Gasteiger partial charge in [0.25, 0.3) is 5.56 Å². The fourth-order valence-electron chi connectivity index (χ4n) is 3.52. The van der Waals surface area contributed by atoms with Gasteiger partial charge in [0.05, 0.1) is 5.69 Å². The van der Waals surface area contributed by atoms with E-state index in [2.05, 4.69) is 24.8 Å². The number of fused-ring (bicyclic) bond motifs is 1. The second-order valence-corrected chi connectivity index (χ2v) is 6.83. The standard InChI is InChI=1S/C21H19N7O/c29-20-15-19(25-18-3-1-2-10-28(18)20)26-11-13-27(14-12-26)21-23-9-6-17(24-21)16-4-7-22-8-5-16/h1-10,15H,11-14H2. The van der Waals surface area contributed by atoms with Gasteiger partial charge in [0.2, 0.25) is 5.95 Å². The summed E-state index contributed by atoms with van der Waals surface area (Å²) in [6.45, 7) is 3.02. The summed E-state index contributed by atoms with van der Waals surface area (Å²) in [6.07, 6.45) is 7.04.